The van der Waals surface area contributed by atoms with Gasteiger partial charge in [0.1, 0.15) is 0 Å². The maximum atomic E-state index is 12.5. The summed E-state index contributed by atoms with van der Waals surface area (Å²) in [6.07, 6.45) is 4.53. The first kappa shape index (κ1) is 19.1. The summed E-state index contributed by atoms with van der Waals surface area (Å²) in [5.41, 5.74) is 5.35. The quantitative estimate of drug-likeness (QED) is 0.740. The van der Waals surface area contributed by atoms with Gasteiger partial charge in [0.2, 0.25) is 11.8 Å². The highest BCUT2D eigenvalue weighted by molar-refractivity contribution is 5.80. The Bertz CT molecular complexity index is 420. The van der Waals surface area contributed by atoms with Gasteiger partial charge in [-0.15, -0.1) is 0 Å². The number of nitrogens with one attached hydrogen (secondary N) is 1. The molecule has 0 radical (unpaired) electrons. The van der Waals surface area contributed by atoms with Crippen molar-refractivity contribution in [1.82, 2.24) is 10.2 Å². The van der Waals surface area contributed by atoms with E-state index in [0.717, 1.165) is 25.7 Å². The third-order valence-electron chi connectivity index (χ3n) is 5.32. The van der Waals surface area contributed by atoms with Crippen LogP contribution in [-0.2, 0) is 9.59 Å². The molecule has 1 aliphatic carbocycles. The number of nitrogens with two attached hydrogens (primary N) is 1. The van der Waals surface area contributed by atoms with Crippen LogP contribution in [0.25, 0.3) is 0 Å². The molecule has 7 heteroatoms. The summed E-state index contributed by atoms with van der Waals surface area (Å²) in [6.45, 7) is 0.819. The third-order valence-corrected chi connectivity index (χ3v) is 5.32. The fourth-order valence-corrected chi connectivity index (χ4v) is 3.96. The highest BCUT2D eigenvalue weighted by Gasteiger charge is 2.31. The molecule has 1 aliphatic heterocycles. The molecule has 1 heterocycles. The molecule has 0 unspecified atom stereocenters. The molecule has 5 nitrogen and oxygen atoms in total. The van der Waals surface area contributed by atoms with Crippen LogP contribution >= 0.6 is 0 Å². The number of hydrogen-bond acceptors (Lipinski definition) is 3. The van der Waals surface area contributed by atoms with E-state index < -0.39 is 12.3 Å². The molecule has 1 saturated heterocycles. The van der Waals surface area contributed by atoms with E-state index in [0.29, 0.717) is 31.8 Å². The zero-order chi connectivity index (χ0) is 17.5. The molecule has 1 atom stereocenters. The zero-order valence-corrected chi connectivity index (χ0v) is 14.2. The lowest BCUT2D eigenvalue weighted by Crippen LogP contribution is -2.48. The van der Waals surface area contributed by atoms with Crippen LogP contribution in [0.2, 0.25) is 0 Å². The Morgan fingerprint density at radius 3 is 2.25 bits per heavy atom. The number of carbonyl (C=O) groups is 2. The molecule has 0 spiro atoms. The van der Waals surface area contributed by atoms with Crippen LogP contribution in [0.15, 0.2) is 0 Å². The second kappa shape index (κ2) is 9.30. The van der Waals surface area contributed by atoms with Gasteiger partial charge in [-0.3, -0.25) is 14.5 Å². The van der Waals surface area contributed by atoms with Crippen molar-refractivity contribution in [3.05, 3.63) is 0 Å². The minimum Gasteiger partial charge on any atom is -0.370 e. The number of primary amides is 1. The Labute approximate surface area is 142 Å². The van der Waals surface area contributed by atoms with Crippen LogP contribution in [0.5, 0.6) is 0 Å². The smallest absolute Gasteiger partial charge is 0.251 e. The molecule has 0 aromatic rings. The number of nitrogens with zero attached hydrogens (tertiary/aromatic N) is 1. The second-order valence-electron chi connectivity index (χ2n) is 7.15. The van der Waals surface area contributed by atoms with Gasteiger partial charge in [0, 0.05) is 18.4 Å². The number of alkyl halides is 2. The number of hydrogen-bond donors (Lipinski definition) is 2. The van der Waals surface area contributed by atoms with Gasteiger partial charge in [-0.2, -0.15) is 0 Å². The van der Waals surface area contributed by atoms with Crippen molar-refractivity contribution in [3.8, 4) is 0 Å². The van der Waals surface area contributed by atoms with E-state index in [4.69, 9.17) is 5.73 Å². The molecular weight excluding hydrogens is 316 g/mol. The molecule has 2 rings (SSSR count). The van der Waals surface area contributed by atoms with E-state index in [1.165, 1.54) is 6.42 Å². The molecule has 24 heavy (non-hydrogen) atoms. The number of likely N-dealkylation sites (tertiary alicyclic amines) is 1. The Kier molecular flexibility index (Phi) is 7.40. The second-order valence-corrected chi connectivity index (χ2v) is 7.15. The van der Waals surface area contributed by atoms with E-state index in [1.54, 1.807) is 4.90 Å². The van der Waals surface area contributed by atoms with Gasteiger partial charge in [-0.1, -0.05) is 19.3 Å². The molecule has 2 fully saturated rings. The fraction of sp³-hybridized carbons (Fsp3) is 0.882. The largest absolute Gasteiger partial charge is 0.370 e. The van der Waals surface area contributed by atoms with Crippen molar-refractivity contribution >= 4 is 11.8 Å². The molecule has 1 saturated carbocycles. The number of piperidine rings is 1. The van der Waals surface area contributed by atoms with Gasteiger partial charge in [0.25, 0.3) is 6.43 Å². The van der Waals surface area contributed by atoms with Crippen molar-refractivity contribution in [3.63, 3.8) is 0 Å². The highest BCUT2D eigenvalue weighted by Crippen LogP contribution is 2.28. The van der Waals surface area contributed by atoms with Crippen molar-refractivity contribution < 1.29 is 18.4 Å². The van der Waals surface area contributed by atoms with E-state index in [2.05, 4.69) is 5.32 Å². The Balaban J connectivity index is 1.84. The molecule has 3 N–H and O–H groups in total. The summed E-state index contributed by atoms with van der Waals surface area (Å²) in [5, 5.41) is 3.04. The van der Waals surface area contributed by atoms with Gasteiger partial charge in [0.05, 0.1) is 6.54 Å². The molecule has 2 aliphatic rings. The van der Waals surface area contributed by atoms with Crippen LogP contribution in [0, 0.1) is 11.8 Å². The van der Waals surface area contributed by atoms with Gasteiger partial charge >= 0.3 is 0 Å². The molecule has 0 bridgehead atoms. The van der Waals surface area contributed by atoms with Crippen molar-refractivity contribution in [2.24, 2.45) is 17.6 Å². The molecule has 138 valence electrons. The lowest BCUT2D eigenvalue weighted by atomic mass is 9.82. The van der Waals surface area contributed by atoms with Crippen molar-refractivity contribution in [2.45, 2.75) is 63.8 Å². The summed E-state index contributed by atoms with van der Waals surface area (Å²) >= 11 is 0. The lowest BCUT2D eigenvalue weighted by Gasteiger charge is -2.34. The minimum atomic E-state index is -2.33. The summed E-state index contributed by atoms with van der Waals surface area (Å²) < 4.78 is 24.8. The first-order valence-corrected chi connectivity index (χ1v) is 9.05. The average Bonchev–Trinajstić information content (AvgIpc) is 2.54. The van der Waals surface area contributed by atoms with Gasteiger partial charge in [-0.25, -0.2) is 8.78 Å². The molecule has 0 aromatic heterocycles. The van der Waals surface area contributed by atoms with E-state index in [1.807, 2.05) is 0 Å². The standard InChI is InChI=1S/C17H29F2N3O2/c18-15(19)11-22-8-6-13(7-9-22)17(24)21-14(10-16(20)23)12-4-2-1-3-5-12/h12-15H,1-11H2,(H2,20,23)(H,21,24)/t14-/m0/s1. The van der Waals surface area contributed by atoms with Gasteiger partial charge in [0.15, 0.2) is 0 Å². The van der Waals surface area contributed by atoms with Gasteiger partial charge < -0.3 is 11.1 Å². The zero-order valence-electron chi connectivity index (χ0n) is 14.2. The molecule has 2 amide bonds. The predicted molar refractivity (Wildman–Crippen MR) is 87.5 cm³/mol. The number of rotatable bonds is 7. The van der Waals surface area contributed by atoms with E-state index in [-0.39, 0.29) is 30.8 Å². The van der Waals surface area contributed by atoms with Gasteiger partial charge in [-0.05, 0) is 44.7 Å². The fourth-order valence-electron chi connectivity index (χ4n) is 3.96. The Hall–Kier alpha value is -1.24. The topological polar surface area (TPSA) is 75.4 Å². The van der Waals surface area contributed by atoms with Crippen LogP contribution in [-0.4, -0.2) is 48.8 Å². The summed E-state index contributed by atoms with van der Waals surface area (Å²) in [5.74, 6) is -0.284. The van der Waals surface area contributed by atoms with Crippen molar-refractivity contribution in [1.29, 1.82) is 0 Å². The van der Waals surface area contributed by atoms with Crippen LogP contribution in [0.1, 0.15) is 51.4 Å². The van der Waals surface area contributed by atoms with E-state index in [9.17, 15) is 18.4 Å². The van der Waals surface area contributed by atoms with E-state index >= 15 is 0 Å². The lowest BCUT2D eigenvalue weighted by molar-refractivity contribution is -0.128. The molecular formula is C17H29F2N3O2. The maximum absolute atomic E-state index is 12.5. The van der Waals surface area contributed by atoms with Crippen LogP contribution in [0.4, 0.5) is 8.78 Å². The number of carbonyl (C=O) groups excluding carboxylic acids is 2. The van der Waals surface area contributed by atoms with Crippen LogP contribution in [0.3, 0.4) is 0 Å². The Morgan fingerprint density at radius 1 is 1.08 bits per heavy atom. The summed E-state index contributed by atoms with van der Waals surface area (Å²) in [7, 11) is 0. The summed E-state index contributed by atoms with van der Waals surface area (Å²) in [6, 6.07) is -0.186. The first-order valence-electron chi connectivity index (χ1n) is 9.05. The maximum Gasteiger partial charge on any atom is 0.251 e. The number of amides is 2. The Morgan fingerprint density at radius 2 is 1.71 bits per heavy atom. The highest BCUT2D eigenvalue weighted by atomic mass is 19.3. The first-order chi connectivity index (χ1) is 11.5. The predicted octanol–water partition coefficient (Wildman–Crippen LogP) is 1.90. The van der Waals surface area contributed by atoms with Crippen LogP contribution < -0.4 is 11.1 Å². The molecule has 0 aromatic carbocycles. The van der Waals surface area contributed by atoms with Crippen molar-refractivity contribution in [2.75, 3.05) is 19.6 Å². The average molecular weight is 345 g/mol. The monoisotopic (exact) mass is 345 g/mol. The third kappa shape index (κ3) is 6.00. The summed E-state index contributed by atoms with van der Waals surface area (Å²) in [4.78, 5) is 25.6. The SMILES string of the molecule is NC(=O)C[C@H](NC(=O)C1CCN(CC(F)F)CC1)C1CCCCC1. The number of halogens is 2. The minimum absolute atomic E-state index is 0.0523. The normalized spacial score (nSPS) is 22.5.